The number of carbonyl (C=O) groups excluding carboxylic acids is 2. The van der Waals surface area contributed by atoms with Gasteiger partial charge < -0.3 is 29.6 Å². The van der Waals surface area contributed by atoms with E-state index in [1.54, 1.807) is 49.4 Å². The molecule has 10 heteroatoms. The fourth-order valence-corrected chi connectivity index (χ4v) is 3.68. The zero-order chi connectivity index (χ0) is 25.5. The van der Waals surface area contributed by atoms with Crippen molar-refractivity contribution >= 4 is 28.8 Å². The Bertz CT molecular complexity index is 1300. The predicted molar refractivity (Wildman–Crippen MR) is 127 cm³/mol. The van der Waals surface area contributed by atoms with Gasteiger partial charge in [-0.2, -0.15) is 0 Å². The monoisotopic (exact) mass is 482 g/mol. The summed E-state index contributed by atoms with van der Waals surface area (Å²) in [5.41, 5.74) is 0.699. The zero-order valence-corrected chi connectivity index (χ0v) is 19.5. The molecule has 1 unspecified atom stereocenters. The van der Waals surface area contributed by atoms with Gasteiger partial charge in [-0.1, -0.05) is 30.3 Å². The summed E-state index contributed by atoms with van der Waals surface area (Å²) in [6, 6.07) is 10.6. The summed E-state index contributed by atoms with van der Waals surface area (Å²) >= 11 is 0. The number of rotatable bonds is 10. The molecule has 1 atom stereocenters. The van der Waals surface area contributed by atoms with Gasteiger partial charge in [0.05, 0.1) is 38.0 Å². The highest BCUT2D eigenvalue weighted by Crippen LogP contribution is 2.33. The second kappa shape index (κ2) is 11.2. The van der Waals surface area contributed by atoms with Gasteiger partial charge in [0.15, 0.2) is 0 Å². The zero-order valence-electron chi connectivity index (χ0n) is 19.5. The van der Waals surface area contributed by atoms with Crippen molar-refractivity contribution < 1.29 is 33.4 Å². The van der Waals surface area contributed by atoms with Crippen molar-refractivity contribution in [2.24, 2.45) is 0 Å². The Balaban J connectivity index is 1.89. The number of aryl methyl sites for hydroxylation is 1. The number of ether oxygens (including phenoxy) is 2. The number of benzene rings is 2. The number of fused-ring (bicyclic) bond motifs is 1. The first-order valence-electron chi connectivity index (χ1n) is 10.8. The van der Waals surface area contributed by atoms with Crippen LogP contribution in [0.3, 0.4) is 0 Å². The van der Waals surface area contributed by atoms with Crippen molar-refractivity contribution in [3.8, 4) is 11.5 Å². The number of hydrogen-bond donors (Lipinski definition) is 3. The van der Waals surface area contributed by atoms with Gasteiger partial charge in [-0.15, -0.1) is 0 Å². The van der Waals surface area contributed by atoms with Crippen LogP contribution in [0.1, 0.15) is 29.2 Å². The molecule has 3 aromatic rings. The summed E-state index contributed by atoms with van der Waals surface area (Å²) in [6.07, 6.45) is -0.601. The SMILES string of the molecule is COc1cc(OC)c2c(C)c(CC(=O)NC(C(=O)NCCC(=O)O)c3ccccc3)c(=O)oc2c1. The van der Waals surface area contributed by atoms with Crippen molar-refractivity contribution in [1.29, 1.82) is 0 Å². The van der Waals surface area contributed by atoms with Gasteiger partial charge in [0.2, 0.25) is 11.8 Å². The van der Waals surface area contributed by atoms with E-state index in [0.717, 1.165) is 0 Å². The van der Waals surface area contributed by atoms with Crippen molar-refractivity contribution in [3.63, 3.8) is 0 Å². The predicted octanol–water partition coefficient (Wildman–Crippen LogP) is 2.11. The minimum Gasteiger partial charge on any atom is -0.496 e. The van der Waals surface area contributed by atoms with Gasteiger partial charge in [-0.25, -0.2) is 4.79 Å². The number of nitrogens with one attached hydrogen (secondary N) is 2. The van der Waals surface area contributed by atoms with Crippen LogP contribution in [-0.4, -0.2) is 43.7 Å². The Morgan fingerprint density at radius 3 is 2.43 bits per heavy atom. The first-order valence-corrected chi connectivity index (χ1v) is 10.8. The largest absolute Gasteiger partial charge is 0.496 e. The van der Waals surface area contributed by atoms with E-state index in [1.807, 2.05) is 0 Å². The normalized spacial score (nSPS) is 11.5. The molecule has 0 fully saturated rings. The molecule has 0 radical (unpaired) electrons. The number of carboxylic acid groups (broad SMARTS) is 1. The summed E-state index contributed by atoms with van der Waals surface area (Å²) < 4.78 is 16.1. The van der Waals surface area contributed by atoms with Crippen LogP contribution in [0.15, 0.2) is 51.7 Å². The maximum Gasteiger partial charge on any atom is 0.340 e. The molecule has 0 aliphatic rings. The number of methoxy groups -OCH3 is 2. The third-order valence-corrected chi connectivity index (χ3v) is 5.45. The lowest BCUT2D eigenvalue weighted by molar-refractivity contribution is -0.137. The van der Waals surface area contributed by atoms with Gasteiger partial charge in [0, 0.05) is 18.7 Å². The van der Waals surface area contributed by atoms with Crippen LogP contribution >= 0.6 is 0 Å². The number of hydrogen-bond acceptors (Lipinski definition) is 7. The van der Waals surface area contributed by atoms with E-state index in [0.29, 0.717) is 28.0 Å². The molecule has 0 saturated carbocycles. The molecule has 1 heterocycles. The van der Waals surface area contributed by atoms with Crippen LogP contribution < -0.4 is 25.7 Å². The van der Waals surface area contributed by atoms with Crippen LogP contribution in [0, 0.1) is 6.92 Å². The Morgan fingerprint density at radius 2 is 1.80 bits per heavy atom. The molecule has 0 aliphatic carbocycles. The third kappa shape index (κ3) is 5.97. The van der Waals surface area contributed by atoms with Gasteiger partial charge in [0.1, 0.15) is 23.1 Å². The second-order valence-corrected chi connectivity index (χ2v) is 7.72. The lowest BCUT2D eigenvalue weighted by Gasteiger charge is -2.19. The van der Waals surface area contributed by atoms with E-state index in [-0.39, 0.29) is 30.5 Å². The minimum atomic E-state index is -1.08. The van der Waals surface area contributed by atoms with E-state index < -0.39 is 29.5 Å². The second-order valence-electron chi connectivity index (χ2n) is 7.72. The molecule has 1 aromatic heterocycles. The number of carbonyl (C=O) groups is 3. The molecular formula is C25H26N2O8. The molecule has 0 spiro atoms. The molecule has 0 saturated heterocycles. The van der Waals surface area contributed by atoms with E-state index in [4.69, 9.17) is 19.0 Å². The van der Waals surface area contributed by atoms with Crippen molar-refractivity contribution in [2.75, 3.05) is 20.8 Å². The third-order valence-electron chi connectivity index (χ3n) is 5.45. The Labute approximate surface area is 200 Å². The van der Waals surface area contributed by atoms with Gasteiger partial charge in [0.25, 0.3) is 0 Å². The van der Waals surface area contributed by atoms with Crippen LogP contribution in [-0.2, 0) is 20.8 Å². The van der Waals surface area contributed by atoms with E-state index in [2.05, 4.69) is 10.6 Å². The first kappa shape index (κ1) is 25.3. The van der Waals surface area contributed by atoms with Gasteiger partial charge >= 0.3 is 11.6 Å². The fraction of sp³-hybridized carbons (Fsp3) is 0.280. The Hall–Kier alpha value is -4.34. The molecule has 3 N–H and O–H groups in total. The van der Waals surface area contributed by atoms with Crippen LogP contribution in [0.25, 0.3) is 11.0 Å². The smallest absolute Gasteiger partial charge is 0.340 e. The summed E-state index contributed by atoms with van der Waals surface area (Å²) in [6.45, 7) is 1.59. The molecule has 0 aliphatic heterocycles. The summed E-state index contributed by atoms with van der Waals surface area (Å²) in [4.78, 5) is 49.2. The number of aliphatic carboxylic acids is 1. The quantitative estimate of drug-likeness (QED) is 0.373. The average molecular weight is 482 g/mol. The average Bonchev–Trinajstić information content (AvgIpc) is 2.84. The van der Waals surface area contributed by atoms with Crippen molar-refractivity contribution in [1.82, 2.24) is 10.6 Å². The van der Waals surface area contributed by atoms with Gasteiger partial charge in [-0.3, -0.25) is 14.4 Å². The summed E-state index contributed by atoms with van der Waals surface area (Å²) in [7, 11) is 2.95. The lowest BCUT2D eigenvalue weighted by atomic mass is 10.0. The molecule has 2 amide bonds. The highest BCUT2D eigenvalue weighted by Gasteiger charge is 2.25. The van der Waals surface area contributed by atoms with Crippen LogP contribution in [0.4, 0.5) is 0 Å². The lowest BCUT2D eigenvalue weighted by Crippen LogP contribution is -2.42. The molecule has 0 bridgehead atoms. The standard InChI is InChI=1S/C25H26N2O8/c1-14-17(25(32)35-19-12-16(33-2)11-18(34-3)22(14)19)13-20(28)27-23(15-7-5-4-6-8-15)24(31)26-10-9-21(29)30/h4-8,11-12,23H,9-10,13H2,1-3H3,(H,26,31)(H,27,28)(H,29,30). The van der Waals surface area contributed by atoms with Gasteiger partial charge in [-0.05, 0) is 18.1 Å². The van der Waals surface area contributed by atoms with Crippen LogP contribution in [0.2, 0.25) is 0 Å². The Morgan fingerprint density at radius 1 is 1.09 bits per heavy atom. The molecule has 184 valence electrons. The molecular weight excluding hydrogens is 456 g/mol. The Kier molecular flexibility index (Phi) is 8.08. The summed E-state index contributed by atoms with van der Waals surface area (Å²) in [5.74, 6) is -1.35. The molecule has 2 aromatic carbocycles. The first-order chi connectivity index (χ1) is 16.7. The fourth-order valence-electron chi connectivity index (χ4n) is 3.68. The highest BCUT2D eigenvalue weighted by molar-refractivity contribution is 5.92. The molecule has 3 rings (SSSR count). The highest BCUT2D eigenvalue weighted by atomic mass is 16.5. The number of amides is 2. The van der Waals surface area contributed by atoms with Crippen molar-refractivity contribution in [2.45, 2.75) is 25.8 Å². The minimum absolute atomic E-state index is 0.0933. The van der Waals surface area contributed by atoms with Crippen LogP contribution in [0.5, 0.6) is 11.5 Å². The maximum atomic E-state index is 13.0. The molecule has 35 heavy (non-hydrogen) atoms. The van der Waals surface area contributed by atoms with E-state index in [1.165, 1.54) is 14.2 Å². The van der Waals surface area contributed by atoms with E-state index >= 15 is 0 Å². The number of carboxylic acids is 1. The van der Waals surface area contributed by atoms with Crippen molar-refractivity contribution in [3.05, 3.63) is 69.6 Å². The van der Waals surface area contributed by atoms with E-state index in [9.17, 15) is 19.2 Å². The topological polar surface area (TPSA) is 144 Å². The molecule has 10 nitrogen and oxygen atoms in total. The summed E-state index contributed by atoms with van der Waals surface area (Å²) in [5, 5.41) is 14.5. The maximum absolute atomic E-state index is 13.0.